The highest BCUT2D eigenvalue weighted by Crippen LogP contribution is 2.33. The smallest absolute Gasteiger partial charge is 0.240 e. The lowest BCUT2D eigenvalue weighted by atomic mass is 9.98. The fourth-order valence-corrected chi connectivity index (χ4v) is 3.28. The van der Waals surface area contributed by atoms with E-state index in [0.717, 1.165) is 28.8 Å². The van der Waals surface area contributed by atoms with Crippen molar-refractivity contribution in [3.8, 4) is 22.4 Å². The van der Waals surface area contributed by atoms with Gasteiger partial charge in [0.05, 0.1) is 5.69 Å². The lowest BCUT2D eigenvalue weighted by molar-refractivity contribution is 0.568. The Kier molecular flexibility index (Phi) is 4.60. The van der Waals surface area contributed by atoms with Crippen molar-refractivity contribution in [1.82, 2.24) is 4.98 Å². The van der Waals surface area contributed by atoms with Crippen LogP contribution in [0.4, 0.5) is 4.39 Å². The Labute approximate surface area is 150 Å². The number of pyridine rings is 1. The highest BCUT2D eigenvalue weighted by atomic mass is 35.5. The van der Waals surface area contributed by atoms with Gasteiger partial charge >= 0.3 is 0 Å². The van der Waals surface area contributed by atoms with E-state index in [9.17, 15) is 12.8 Å². The van der Waals surface area contributed by atoms with E-state index < -0.39 is 20.7 Å². The van der Waals surface area contributed by atoms with Gasteiger partial charge in [-0.15, -0.1) is 0 Å². The number of sulfonamides is 1. The number of aromatic nitrogens is 1. The van der Waals surface area contributed by atoms with Gasteiger partial charge in [0.15, 0.2) is 0 Å². The zero-order valence-electron chi connectivity index (χ0n) is 13.2. The summed E-state index contributed by atoms with van der Waals surface area (Å²) in [5.41, 5.74) is 3.49. The van der Waals surface area contributed by atoms with Crippen LogP contribution in [0.1, 0.15) is 5.56 Å². The molecule has 0 spiro atoms. The van der Waals surface area contributed by atoms with Crippen molar-refractivity contribution in [2.45, 2.75) is 11.8 Å². The van der Waals surface area contributed by atoms with E-state index in [0.29, 0.717) is 16.3 Å². The summed E-state index contributed by atoms with van der Waals surface area (Å²) >= 11 is 6.20. The third-order valence-electron chi connectivity index (χ3n) is 3.80. The Morgan fingerprint density at radius 1 is 1.08 bits per heavy atom. The molecule has 0 aliphatic carbocycles. The van der Waals surface area contributed by atoms with Crippen molar-refractivity contribution < 1.29 is 12.8 Å². The van der Waals surface area contributed by atoms with Crippen LogP contribution in [0.25, 0.3) is 22.4 Å². The zero-order valence-corrected chi connectivity index (χ0v) is 14.8. The lowest BCUT2D eigenvalue weighted by Gasteiger charge is -2.11. The Hall–Kier alpha value is -2.28. The molecule has 0 amide bonds. The van der Waals surface area contributed by atoms with E-state index in [2.05, 4.69) is 4.98 Å². The minimum absolute atomic E-state index is 0.442. The molecule has 0 aliphatic rings. The molecule has 0 radical (unpaired) electrons. The van der Waals surface area contributed by atoms with E-state index in [1.807, 2.05) is 31.2 Å². The molecular weight excluding hydrogens is 363 g/mol. The molecule has 0 saturated heterocycles. The van der Waals surface area contributed by atoms with Gasteiger partial charge in [-0.2, -0.15) is 0 Å². The lowest BCUT2D eigenvalue weighted by Crippen LogP contribution is -2.14. The first-order chi connectivity index (χ1) is 11.8. The van der Waals surface area contributed by atoms with Crippen LogP contribution in [0.3, 0.4) is 0 Å². The fraction of sp³-hybridized carbons (Fsp3) is 0.0556. The Bertz CT molecular complexity index is 1070. The van der Waals surface area contributed by atoms with Crippen LogP contribution in [-0.2, 0) is 10.0 Å². The predicted molar refractivity (Wildman–Crippen MR) is 96.2 cm³/mol. The molecule has 0 bridgehead atoms. The second kappa shape index (κ2) is 6.55. The van der Waals surface area contributed by atoms with Crippen LogP contribution in [0, 0.1) is 12.7 Å². The van der Waals surface area contributed by atoms with E-state index in [1.54, 1.807) is 12.3 Å². The van der Waals surface area contributed by atoms with E-state index in [-0.39, 0.29) is 0 Å². The summed E-state index contributed by atoms with van der Waals surface area (Å²) < 4.78 is 36.9. The second-order valence-electron chi connectivity index (χ2n) is 5.55. The maximum absolute atomic E-state index is 14.2. The number of primary sulfonamides is 1. The molecule has 0 atom stereocenters. The van der Waals surface area contributed by atoms with E-state index in [1.165, 1.54) is 6.07 Å². The average molecular weight is 377 g/mol. The quantitative estimate of drug-likeness (QED) is 0.745. The Morgan fingerprint density at radius 2 is 1.80 bits per heavy atom. The third-order valence-corrected chi connectivity index (χ3v) is 5.15. The topological polar surface area (TPSA) is 73.0 Å². The van der Waals surface area contributed by atoms with E-state index >= 15 is 0 Å². The van der Waals surface area contributed by atoms with Crippen LogP contribution >= 0.6 is 11.6 Å². The van der Waals surface area contributed by atoms with Crippen molar-refractivity contribution in [1.29, 1.82) is 0 Å². The number of aryl methyl sites for hydroxylation is 1. The minimum Gasteiger partial charge on any atom is -0.256 e. The van der Waals surface area contributed by atoms with Gasteiger partial charge in [0.1, 0.15) is 10.7 Å². The molecule has 2 N–H and O–H groups in total. The number of hydrogen-bond acceptors (Lipinski definition) is 3. The molecule has 128 valence electrons. The van der Waals surface area contributed by atoms with Gasteiger partial charge in [-0.25, -0.2) is 17.9 Å². The van der Waals surface area contributed by atoms with Crippen LogP contribution in [0.5, 0.6) is 0 Å². The molecule has 2 aromatic carbocycles. The molecule has 7 heteroatoms. The van der Waals surface area contributed by atoms with Crippen LogP contribution in [0.2, 0.25) is 5.02 Å². The standard InChI is InChI=1S/C18H14ClFN2O2S/c1-11-4-5-12(9-15(11)19)14-3-2-8-22-18(14)13-6-7-17(16(20)10-13)25(21,23)24/h2-10H,1H3,(H2,21,23,24). The van der Waals surface area contributed by atoms with Crippen molar-refractivity contribution in [2.75, 3.05) is 0 Å². The minimum atomic E-state index is -4.12. The number of benzene rings is 2. The highest BCUT2D eigenvalue weighted by molar-refractivity contribution is 7.89. The monoisotopic (exact) mass is 376 g/mol. The molecule has 0 unspecified atom stereocenters. The number of nitrogens with zero attached hydrogens (tertiary/aromatic N) is 1. The SMILES string of the molecule is Cc1ccc(-c2cccnc2-c2ccc(S(N)(=O)=O)c(F)c2)cc1Cl. The molecule has 0 fully saturated rings. The van der Waals surface area contributed by atoms with Gasteiger partial charge in [-0.05, 0) is 42.3 Å². The van der Waals surface area contributed by atoms with Gasteiger partial charge in [0.25, 0.3) is 0 Å². The third kappa shape index (κ3) is 3.56. The van der Waals surface area contributed by atoms with Gasteiger partial charge < -0.3 is 0 Å². The van der Waals surface area contributed by atoms with Crippen LogP contribution in [-0.4, -0.2) is 13.4 Å². The molecule has 3 aromatic rings. The Balaban J connectivity index is 2.16. The van der Waals surface area contributed by atoms with Crippen molar-refractivity contribution in [3.05, 3.63) is 71.1 Å². The summed E-state index contributed by atoms with van der Waals surface area (Å²) in [5.74, 6) is -0.918. The summed E-state index contributed by atoms with van der Waals surface area (Å²) in [7, 11) is -4.12. The molecule has 4 nitrogen and oxygen atoms in total. The van der Waals surface area contributed by atoms with Crippen LogP contribution in [0.15, 0.2) is 59.6 Å². The Morgan fingerprint density at radius 3 is 2.44 bits per heavy atom. The summed E-state index contributed by atoms with van der Waals surface area (Å²) in [5, 5.41) is 5.61. The number of rotatable bonds is 3. The number of nitrogens with two attached hydrogens (primary N) is 1. The first-order valence-electron chi connectivity index (χ1n) is 7.31. The molecule has 25 heavy (non-hydrogen) atoms. The van der Waals surface area contributed by atoms with Crippen molar-refractivity contribution >= 4 is 21.6 Å². The zero-order chi connectivity index (χ0) is 18.2. The molecule has 3 rings (SSSR count). The van der Waals surface area contributed by atoms with Gasteiger partial charge in [0.2, 0.25) is 10.0 Å². The summed E-state index contributed by atoms with van der Waals surface area (Å²) in [6, 6.07) is 12.9. The largest absolute Gasteiger partial charge is 0.256 e. The normalized spacial score (nSPS) is 11.5. The van der Waals surface area contributed by atoms with Gasteiger partial charge in [-0.3, -0.25) is 4.98 Å². The molecule has 0 saturated carbocycles. The molecule has 0 aliphatic heterocycles. The van der Waals surface area contributed by atoms with Crippen molar-refractivity contribution in [3.63, 3.8) is 0 Å². The maximum atomic E-state index is 14.2. The second-order valence-corrected chi connectivity index (χ2v) is 7.49. The first kappa shape index (κ1) is 17.5. The molecular formula is C18H14ClFN2O2S. The maximum Gasteiger partial charge on any atom is 0.240 e. The molecule has 1 heterocycles. The predicted octanol–water partition coefficient (Wildman–Crippen LogP) is 4.16. The fourth-order valence-electron chi connectivity index (χ4n) is 2.51. The summed E-state index contributed by atoms with van der Waals surface area (Å²) in [6.45, 7) is 1.90. The van der Waals surface area contributed by atoms with E-state index in [4.69, 9.17) is 16.7 Å². The van der Waals surface area contributed by atoms with Gasteiger partial charge in [-0.1, -0.05) is 35.9 Å². The number of hydrogen-bond donors (Lipinski definition) is 1. The van der Waals surface area contributed by atoms with Crippen LogP contribution < -0.4 is 5.14 Å². The first-order valence-corrected chi connectivity index (χ1v) is 9.24. The molecule has 1 aromatic heterocycles. The summed E-state index contributed by atoms with van der Waals surface area (Å²) in [4.78, 5) is 3.77. The highest BCUT2D eigenvalue weighted by Gasteiger charge is 2.17. The van der Waals surface area contributed by atoms with Gasteiger partial charge in [0, 0.05) is 22.3 Å². The average Bonchev–Trinajstić information content (AvgIpc) is 2.56. The number of halogens is 2. The van der Waals surface area contributed by atoms with Crippen molar-refractivity contribution in [2.24, 2.45) is 5.14 Å². The summed E-state index contributed by atoms with van der Waals surface area (Å²) in [6.07, 6.45) is 1.58.